The van der Waals surface area contributed by atoms with Crippen LogP contribution in [0.3, 0.4) is 0 Å². The Bertz CT molecular complexity index is 656. The zero-order chi connectivity index (χ0) is 13.2. The molecule has 1 aliphatic heterocycles. The fourth-order valence-electron chi connectivity index (χ4n) is 2.36. The first-order valence-electron chi connectivity index (χ1n) is 6.41. The van der Waals surface area contributed by atoms with Crippen molar-refractivity contribution < 1.29 is 4.79 Å². The van der Waals surface area contributed by atoms with Crippen LogP contribution in [0.4, 0.5) is 0 Å². The molecule has 1 radical (unpaired) electrons. The van der Waals surface area contributed by atoms with Crippen LogP contribution in [0.1, 0.15) is 27.0 Å². The topological polar surface area (TPSA) is 29.4 Å². The van der Waals surface area contributed by atoms with Crippen molar-refractivity contribution in [2.75, 3.05) is 6.54 Å². The van der Waals surface area contributed by atoms with Gasteiger partial charge in [0.15, 0.2) is 0 Å². The van der Waals surface area contributed by atoms with Crippen LogP contribution in [0.25, 0.3) is 0 Å². The number of benzene rings is 2. The molecule has 93 valence electrons. The van der Waals surface area contributed by atoms with Crippen LogP contribution in [0.15, 0.2) is 47.5 Å². The van der Waals surface area contributed by atoms with E-state index in [1.165, 1.54) is 5.56 Å². The molecule has 0 bridgehead atoms. The van der Waals surface area contributed by atoms with Crippen molar-refractivity contribution in [1.82, 2.24) is 0 Å². The molecule has 0 aromatic heterocycles. The van der Waals surface area contributed by atoms with Crippen molar-refractivity contribution in [2.45, 2.75) is 13.3 Å². The number of hydrogen-bond donors (Lipinski definition) is 0. The molecule has 3 rings (SSSR count). The molecule has 2 aromatic rings. The molecule has 0 atom stereocenters. The van der Waals surface area contributed by atoms with Gasteiger partial charge < -0.3 is 0 Å². The maximum Gasteiger partial charge on any atom is 0.212 e. The number of aliphatic imine (C=N–C) groups is 1. The third kappa shape index (κ3) is 2.22. The highest BCUT2D eigenvalue weighted by Crippen LogP contribution is 2.20. The largest absolute Gasteiger partial charge is 0.287 e. The summed E-state index contributed by atoms with van der Waals surface area (Å²) in [5, 5.41) is 0. The van der Waals surface area contributed by atoms with E-state index in [0.29, 0.717) is 17.8 Å². The Balaban J connectivity index is 2.05. The summed E-state index contributed by atoms with van der Waals surface area (Å²) in [6.45, 7) is 2.72. The van der Waals surface area contributed by atoms with Gasteiger partial charge in [0.2, 0.25) is 5.78 Å². The number of aryl methyl sites for hydroxylation is 1. The van der Waals surface area contributed by atoms with Crippen LogP contribution in [0.2, 0.25) is 0 Å². The summed E-state index contributed by atoms with van der Waals surface area (Å²) in [6.07, 6.45) is 0.908. The predicted octanol–water partition coefficient (Wildman–Crippen LogP) is 3.02. The smallest absolute Gasteiger partial charge is 0.212 e. The quantitative estimate of drug-likeness (QED) is 0.751. The zero-order valence-electron chi connectivity index (χ0n) is 10.8. The van der Waals surface area contributed by atoms with Crippen LogP contribution < -0.4 is 0 Å². The standard InChI is InChI=1S/C17H14NO/c1-12-7-8-13-9-10-18-16(15(13)11-12)17(19)14-5-3-2-4-6-14/h2-5,7-8,11H,9-10H2,1H3. The summed E-state index contributed by atoms with van der Waals surface area (Å²) >= 11 is 0. The summed E-state index contributed by atoms with van der Waals surface area (Å²) in [7, 11) is 0. The van der Waals surface area contributed by atoms with E-state index < -0.39 is 0 Å². The van der Waals surface area contributed by atoms with Gasteiger partial charge in [-0.1, -0.05) is 42.0 Å². The van der Waals surface area contributed by atoms with E-state index >= 15 is 0 Å². The van der Waals surface area contributed by atoms with Gasteiger partial charge in [0, 0.05) is 17.7 Å². The normalized spacial score (nSPS) is 13.6. The van der Waals surface area contributed by atoms with Gasteiger partial charge in [-0.25, -0.2) is 0 Å². The molecule has 2 heteroatoms. The molecule has 0 amide bonds. The Morgan fingerprint density at radius 2 is 2.16 bits per heavy atom. The third-order valence-corrected chi connectivity index (χ3v) is 3.34. The number of fused-ring (bicyclic) bond motifs is 1. The van der Waals surface area contributed by atoms with E-state index in [4.69, 9.17) is 0 Å². The second-order valence-electron chi connectivity index (χ2n) is 4.75. The molecule has 0 saturated carbocycles. The van der Waals surface area contributed by atoms with Gasteiger partial charge in [0.1, 0.15) is 5.71 Å². The number of nitrogens with zero attached hydrogens (tertiary/aromatic N) is 1. The average molecular weight is 248 g/mol. The first kappa shape index (κ1) is 11.8. The van der Waals surface area contributed by atoms with Crippen LogP contribution >= 0.6 is 0 Å². The number of hydrogen-bond acceptors (Lipinski definition) is 2. The maximum atomic E-state index is 12.5. The van der Waals surface area contributed by atoms with E-state index in [1.54, 1.807) is 12.1 Å². The minimum absolute atomic E-state index is 0.0350. The summed E-state index contributed by atoms with van der Waals surface area (Å²) in [4.78, 5) is 16.9. The highest BCUT2D eigenvalue weighted by atomic mass is 16.1. The maximum absolute atomic E-state index is 12.5. The molecule has 0 spiro atoms. The summed E-state index contributed by atoms with van der Waals surface area (Å²) < 4.78 is 0. The monoisotopic (exact) mass is 248 g/mol. The van der Waals surface area contributed by atoms with Crippen molar-refractivity contribution in [3.05, 3.63) is 70.8 Å². The number of rotatable bonds is 2. The molecule has 2 aromatic carbocycles. The fourth-order valence-corrected chi connectivity index (χ4v) is 2.36. The Kier molecular flexibility index (Phi) is 3.00. The minimum Gasteiger partial charge on any atom is -0.287 e. The van der Waals surface area contributed by atoms with Gasteiger partial charge in [-0.2, -0.15) is 0 Å². The Labute approximate surface area is 112 Å². The predicted molar refractivity (Wildman–Crippen MR) is 75.9 cm³/mol. The average Bonchev–Trinajstić information content (AvgIpc) is 2.47. The van der Waals surface area contributed by atoms with E-state index in [2.05, 4.69) is 23.2 Å². The molecule has 1 heterocycles. The van der Waals surface area contributed by atoms with Gasteiger partial charge in [0.05, 0.1) is 0 Å². The summed E-state index contributed by atoms with van der Waals surface area (Å²) in [6, 6.07) is 16.5. The molecule has 0 unspecified atom stereocenters. The van der Waals surface area contributed by atoms with Crippen LogP contribution in [-0.4, -0.2) is 18.0 Å². The summed E-state index contributed by atoms with van der Waals surface area (Å²) in [5.41, 5.74) is 4.49. The van der Waals surface area contributed by atoms with E-state index in [0.717, 1.165) is 17.5 Å². The second kappa shape index (κ2) is 4.81. The van der Waals surface area contributed by atoms with Gasteiger partial charge >= 0.3 is 0 Å². The van der Waals surface area contributed by atoms with Gasteiger partial charge in [0.25, 0.3) is 0 Å². The first-order valence-corrected chi connectivity index (χ1v) is 6.41. The molecule has 1 aliphatic rings. The third-order valence-electron chi connectivity index (χ3n) is 3.34. The Morgan fingerprint density at radius 3 is 2.95 bits per heavy atom. The fraction of sp³-hybridized carbons (Fsp3) is 0.176. The lowest BCUT2D eigenvalue weighted by molar-refractivity contribution is 0.106. The second-order valence-corrected chi connectivity index (χ2v) is 4.75. The number of carbonyl (C=O) groups is 1. The highest BCUT2D eigenvalue weighted by molar-refractivity contribution is 6.51. The SMILES string of the molecule is Cc1ccc2c(c1)C(C(=O)c1[c]cccc1)=NCC2. The van der Waals surface area contributed by atoms with Crippen molar-refractivity contribution in [3.8, 4) is 0 Å². The molecule has 0 aliphatic carbocycles. The molecule has 19 heavy (non-hydrogen) atoms. The van der Waals surface area contributed by atoms with Gasteiger partial charge in [-0.3, -0.25) is 9.79 Å². The van der Waals surface area contributed by atoms with Gasteiger partial charge in [-0.15, -0.1) is 0 Å². The van der Waals surface area contributed by atoms with Crippen molar-refractivity contribution in [2.24, 2.45) is 4.99 Å². The molecule has 0 saturated heterocycles. The van der Waals surface area contributed by atoms with E-state index in [-0.39, 0.29) is 5.78 Å². The number of carbonyl (C=O) groups excluding carboxylic acids is 1. The molecule has 0 N–H and O–H groups in total. The van der Waals surface area contributed by atoms with Crippen molar-refractivity contribution >= 4 is 11.5 Å². The minimum atomic E-state index is -0.0350. The lowest BCUT2D eigenvalue weighted by Crippen LogP contribution is -2.22. The molecular formula is C17H14NO. The Hall–Kier alpha value is -2.22. The molecular weight excluding hydrogens is 234 g/mol. The van der Waals surface area contributed by atoms with E-state index in [9.17, 15) is 4.79 Å². The highest BCUT2D eigenvalue weighted by Gasteiger charge is 2.21. The Morgan fingerprint density at radius 1 is 1.26 bits per heavy atom. The van der Waals surface area contributed by atoms with Crippen LogP contribution in [0.5, 0.6) is 0 Å². The molecule has 2 nitrogen and oxygen atoms in total. The lowest BCUT2D eigenvalue weighted by atomic mass is 9.91. The van der Waals surface area contributed by atoms with Crippen LogP contribution in [-0.2, 0) is 6.42 Å². The number of Topliss-reactive ketones (excluding diaryl/α,β-unsaturated/α-hetero) is 1. The first-order chi connectivity index (χ1) is 9.25. The van der Waals surface area contributed by atoms with Gasteiger partial charge in [-0.05, 0) is 31.0 Å². The lowest BCUT2D eigenvalue weighted by Gasteiger charge is -2.16. The van der Waals surface area contributed by atoms with E-state index in [1.807, 2.05) is 25.1 Å². The van der Waals surface area contributed by atoms with Crippen LogP contribution in [0, 0.1) is 13.0 Å². The zero-order valence-corrected chi connectivity index (χ0v) is 10.8. The van der Waals surface area contributed by atoms with Crippen molar-refractivity contribution in [3.63, 3.8) is 0 Å². The van der Waals surface area contributed by atoms with Crippen molar-refractivity contribution in [1.29, 1.82) is 0 Å². The summed E-state index contributed by atoms with van der Waals surface area (Å²) in [5.74, 6) is -0.0350. The molecule has 0 fully saturated rings. The number of ketones is 1.